The highest BCUT2D eigenvalue weighted by Gasteiger charge is 2.32. The van der Waals surface area contributed by atoms with Crippen molar-refractivity contribution in [2.24, 2.45) is 17.6 Å². The highest BCUT2D eigenvalue weighted by atomic mass is 16.4. The van der Waals surface area contributed by atoms with E-state index in [1.54, 1.807) is 13.1 Å². The molecule has 5 unspecified atom stereocenters. The number of benzene rings is 1. The molecule has 8 N–H and O–H groups in total. The van der Waals surface area contributed by atoms with Gasteiger partial charge in [0.2, 0.25) is 17.7 Å². The van der Waals surface area contributed by atoms with Crippen molar-refractivity contribution in [3.8, 4) is 0 Å². The molecule has 12 heteroatoms. The molecule has 1 heterocycles. The number of hydrogen-bond donors (Lipinski definition) is 7. The second-order valence-electron chi connectivity index (χ2n) is 10.2. The van der Waals surface area contributed by atoms with Crippen LogP contribution in [-0.4, -0.2) is 69.0 Å². The van der Waals surface area contributed by atoms with Gasteiger partial charge in [-0.05, 0) is 29.9 Å². The standard InChI is InChI=1S/C27H39N5O7/c1-5-15(4)23(28)26(37)31-20(12-22(33)34)25(36)30-19(24(35)32-21(27(38)39)10-14(2)3)11-16-13-29-18-9-7-6-8-17(16)18/h6-9,13-15,19-21,23,29H,5,10-12,28H2,1-4H3,(H,30,36)(H,31,37)(H,32,35)(H,33,34)(H,38,39). The number of para-hydroxylation sites is 1. The van der Waals surface area contributed by atoms with Gasteiger partial charge in [-0.15, -0.1) is 0 Å². The molecule has 0 aliphatic heterocycles. The van der Waals surface area contributed by atoms with E-state index in [2.05, 4.69) is 20.9 Å². The molecular formula is C27H39N5O7. The van der Waals surface area contributed by atoms with Crippen molar-refractivity contribution in [3.63, 3.8) is 0 Å². The molecule has 0 bridgehead atoms. The molecule has 3 amide bonds. The molecule has 5 atom stereocenters. The fourth-order valence-electron chi connectivity index (χ4n) is 4.13. The summed E-state index contributed by atoms with van der Waals surface area (Å²) in [5.74, 6) is -5.15. The predicted octanol–water partition coefficient (Wildman–Crippen LogP) is 1.14. The smallest absolute Gasteiger partial charge is 0.326 e. The van der Waals surface area contributed by atoms with Crippen LogP contribution >= 0.6 is 0 Å². The Morgan fingerprint density at radius 1 is 0.897 bits per heavy atom. The van der Waals surface area contributed by atoms with Crippen LogP contribution in [0.5, 0.6) is 0 Å². The summed E-state index contributed by atoms with van der Waals surface area (Å²) in [6, 6.07) is 2.40. The Bertz CT molecular complexity index is 1180. The number of carbonyl (C=O) groups excluding carboxylic acids is 3. The van der Waals surface area contributed by atoms with Gasteiger partial charge in [0.15, 0.2) is 0 Å². The quantitative estimate of drug-likeness (QED) is 0.172. The van der Waals surface area contributed by atoms with Gasteiger partial charge >= 0.3 is 11.9 Å². The molecule has 0 saturated heterocycles. The molecule has 0 radical (unpaired) electrons. The summed E-state index contributed by atoms with van der Waals surface area (Å²) >= 11 is 0. The molecule has 2 aromatic rings. The van der Waals surface area contributed by atoms with Crippen molar-refractivity contribution in [3.05, 3.63) is 36.0 Å². The molecule has 0 spiro atoms. The van der Waals surface area contributed by atoms with Crippen LogP contribution in [-0.2, 0) is 30.4 Å². The average Bonchev–Trinajstić information content (AvgIpc) is 3.28. The van der Waals surface area contributed by atoms with Crippen LogP contribution < -0.4 is 21.7 Å². The summed E-state index contributed by atoms with van der Waals surface area (Å²) in [5.41, 5.74) is 7.43. The second-order valence-corrected chi connectivity index (χ2v) is 10.2. The van der Waals surface area contributed by atoms with Gasteiger partial charge in [0.25, 0.3) is 0 Å². The first-order valence-electron chi connectivity index (χ1n) is 13.0. The summed E-state index contributed by atoms with van der Waals surface area (Å²) < 4.78 is 0. The maximum absolute atomic E-state index is 13.3. The molecule has 12 nitrogen and oxygen atoms in total. The number of hydrogen-bond acceptors (Lipinski definition) is 6. The topological polar surface area (TPSA) is 204 Å². The van der Waals surface area contributed by atoms with Crippen LogP contribution in [0, 0.1) is 11.8 Å². The van der Waals surface area contributed by atoms with Gasteiger partial charge in [0.1, 0.15) is 18.1 Å². The molecule has 39 heavy (non-hydrogen) atoms. The van der Waals surface area contributed by atoms with Crippen LogP contribution in [0.2, 0.25) is 0 Å². The van der Waals surface area contributed by atoms with E-state index in [9.17, 15) is 34.2 Å². The van der Waals surface area contributed by atoms with Gasteiger partial charge in [0, 0.05) is 23.5 Å². The van der Waals surface area contributed by atoms with Crippen LogP contribution in [0.15, 0.2) is 30.5 Å². The SMILES string of the molecule is CCC(C)C(N)C(=O)NC(CC(=O)O)C(=O)NC(Cc1c[nH]c2ccccc12)C(=O)NC(CC(C)C)C(=O)O. The number of aliphatic carboxylic acids is 2. The summed E-state index contributed by atoms with van der Waals surface area (Å²) in [5, 5.41) is 27.2. The number of fused-ring (bicyclic) bond motifs is 1. The van der Waals surface area contributed by atoms with Gasteiger partial charge in [0.05, 0.1) is 12.5 Å². The maximum atomic E-state index is 13.3. The Balaban J connectivity index is 2.34. The first-order valence-corrected chi connectivity index (χ1v) is 13.0. The molecule has 1 aromatic heterocycles. The fourth-order valence-corrected chi connectivity index (χ4v) is 4.13. The van der Waals surface area contributed by atoms with Gasteiger partial charge in [-0.25, -0.2) is 4.79 Å². The third kappa shape index (κ3) is 9.10. The Morgan fingerprint density at radius 2 is 1.49 bits per heavy atom. The highest BCUT2D eigenvalue weighted by molar-refractivity contribution is 5.96. The predicted molar refractivity (Wildman–Crippen MR) is 145 cm³/mol. The summed E-state index contributed by atoms with van der Waals surface area (Å²) in [6.07, 6.45) is 1.69. The van der Waals surface area contributed by atoms with E-state index in [1.165, 1.54) is 0 Å². The Morgan fingerprint density at radius 3 is 2.08 bits per heavy atom. The minimum absolute atomic E-state index is 0.0181. The number of amides is 3. The maximum Gasteiger partial charge on any atom is 0.326 e. The van der Waals surface area contributed by atoms with E-state index in [0.29, 0.717) is 12.0 Å². The molecule has 0 saturated carbocycles. The molecule has 214 valence electrons. The van der Waals surface area contributed by atoms with Crippen molar-refractivity contribution < 1.29 is 34.2 Å². The molecule has 1 aromatic carbocycles. The summed E-state index contributed by atoms with van der Waals surface area (Å²) in [7, 11) is 0. The fraction of sp³-hybridized carbons (Fsp3) is 0.519. The van der Waals surface area contributed by atoms with Crippen molar-refractivity contribution in [1.29, 1.82) is 0 Å². The lowest BCUT2D eigenvalue weighted by molar-refractivity contribution is -0.143. The third-order valence-electron chi connectivity index (χ3n) is 6.63. The summed E-state index contributed by atoms with van der Waals surface area (Å²) in [6.45, 7) is 7.23. The van der Waals surface area contributed by atoms with E-state index in [4.69, 9.17) is 5.73 Å². The van der Waals surface area contributed by atoms with E-state index < -0.39 is 60.2 Å². The normalized spacial score (nSPS) is 15.1. The minimum Gasteiger partial charge on any atom is -0.481 e. The molecule has 0 aliphatic rings. The second kappa shape index (κ2) is 14.3. The molecule has 2 rings (SSSR count). The first kappa shape index (κ1) is 31.3. The van der Waals surface area contributed by atoms with Crippen molar-refractivity contribution in [1.82, 2.24) is 20.9 Å². The lowest BCUT2D eigenvalue weighted by Crippen LogP contribution is -2.58. The molecular weight excluding hydrogens is 506 g/mol. The zero-order valence-corrected chi connectivity index (χ0v) is 22.7. The van der Waals surface area contributed by atoms with E-state index in [0.717, 1.165) is 10.9 Å². The number of carboxylic acids is 2. The largest absolute Gasteiger partial charge is 0.481 e. The van der Waals surface area contributed by atoms with Gasteiger partial charge in [-0.1, -0.05) is 52.3 Å². The van der Waals surface area contributed by atoms with Crippen molar-refractivity contribution in [2.75, 3.05) is 0 Å². The number of rotatable bonds is 15. The van der Waals surface area contributed by atoms with Gasteiger partial charge < -0.3 is 36.9 Å². The van der Waals surface area contributed by atoms with Crippen LogP contribution in [0.1, 0.15) is 52.5 Å². The number of carboxylic acid groups (broad SMARTS) is 2. The number of aromatic nitrogens is 1. The number of nitrogens with one attached hydrogen (secondary N) is 4. The highest BCUT2D eigenvalue weighted by Crippen LogP contribution is 2.19. The monoisotopic (exact) mass is 545 g/mol. The summed E-state index contributed by atoms with van der Waals surface area (Å²) in [4.78, 5) is 65.5. The van der Waals surface area contributed by atoms with Gasteiger partial charge in [-0.2, -0.15) is 0 Å². The van der Waals surface area contributed by atoms with Crippen LogP contribution in [0.4, 0.5) is 0 Å². The first-order chi connectivity index (χ1) is 18.3. The Labute approximate surface area is 227 Å². The lowest BCUT2D eigenvalue weighted by atomic mass is 9.98. The zero-order chi connectivity index (χ0) is 29.3. The molecule has 0 aliphatic carbocycles. The number of carbonyl (C=O) groups is 5. The van der Waals surface area contributed by atoms with Crippen molar-refractivity contribution >= 4 is 40.6 Å². The third-order valence-corrected chi connectivity index (χ3v) is 6.63. The van der Waals surface area contributed by atoms with Crippen LogP contribution in [0.3, 0.4) is 0 Å². The minimum atomic E-state index is -1.51. The van der Waals surface area contributed by atoms with E-state index >= 15 is 0 Å². The van der Waals surface area contributed by atoms with E-state index in [-0.39, 0.29) is 24.7 Å². The molecule has 0 fully saturated rings. The van der Waals surface area contributed by atoms with Gasteiger partial charge in [-0.3, -0.25) is 19.2 Å². The number of nitrogens with two attached hydrogens (primary N) is 1. The average molecular weight is 546 g/mol. The Hall–Kier alpha value is -3.93. The number of aromatic amines is 1. The zero-order valence-electron chi connectivity index (χ0n) is 22.7. The number of H-pyrrole nitrogens is 1. The van der Waals surface area contributed by atoms with Crippen molar-refractivity contribution in [2.45, 2.75) is 77.5 Å². The van der Waals surface area contributed by atoms with Crippen LogP contribution in [0.25, 0.3) is 10.9 Å². The lowest BCUT2D eigenvalue weighted by Gasteiger charge is -2.26. The van der Waals surface area contributed by atoms with E-state index in [1.807, 2.05) is 45.0 Å². The Kier molecular flexibility index (Phi) is 11.5.